The summed E-state index contributed by atoms with van der Waals surface area (Å²) < 4.78 is 0. The Labute approximate surface area is 73.8 Å². The first-order valence-corrected chi connectivity index (χ1v) is 4.39. The van der Waals surface area contributed by atoms with Gasteiger partial charge in [0.1, 0.15) is 5.82 Å². The molecule has 1 rings (SSSR count). The van der Waals surface area contributed by atoms with Crippen LogP contribution in [0.1, 0.15) is 25.8 Å². The second-order valence-electron chi connectivity index (χ2n) is 3.48. The molecule has 0 amide bonds. The van der Waals surface area contributed by atoms with Crippen molar-refractivity contribution in [3.05, 3.63) is 23.9 Å². The molecule has 0 unspecified atom stereocenters. The summed E-state index contributed by atoms with van der Waals surface area (Å²) in [6, 6.07) is 3.98. The highest BCUT2D eigenvalue weighted by molar-refractivity contribution is 5.38. The zero-order chi connectivity index (χ0) is 8.97. The molecule has 66 valence electrons. The highest BCUT2D eigenvalue weighted by atomic mass is 14.8. The smallest absolute Gasteiger partial charge is 0.126 e. The Morgan fingerprint density at radius 2 is 2.25 bits per heavy atom. The van der Waals surface area contributed by atoms with Crippen molar-refractivity contribution in [1.29, 1.82) is 0 Å². The van der Waals surface area contributed by atoms with Gasteiger partial charge in [0, 0.05) is 6.20 Å². The highest BCUT2D eigenvalue weighted by Crippen LogP contribution is 2.12. The Balaban J connectivity index is 2.57. The van der Waals surface area contributed by atoms with Gasteiger partial charge in [-0.1, -0.05) is 19.9 Å². The second kappa shape index (κ2) is 4.10. The Morgan fingerprint density at radius 3 is 2.83 bits per heavy atom. The van der Waals surface area contributed by atoms with E-state index in [0.29, 0.717) is 5.82 Å². The van der Waals surface area contributed by atoms with Crippen molar-refractivity contribution in [2.24, 2.45) is 5.92 Å². The number of anilines is 1. The maximum absolute atomic E-state index is 5.70. The monoisotopic (exact) mass is 164 g/mol. The zero-order valence-corrected chi connectivity index (χ0v) is 7.75. The summed E-state index contributed by atoms with van der Waals surface area (Å²) in [7, 11) is 0. The molecule has 0 fully saturated rings. The molecular formula is C10H16N2. The minimum absolute atomic E-state index is 0.679. The van der Waals surface area contributed by atoms with Gasteiger partial charge in [-0.25, -0.2) is 4.98 Å². The second-order valence-corrected chi connectivity index (χ2v) is 3.48. The molecule has 2 N–H and O–H groups in total. The fourth-order valence-corrected chi connectivity index (χ4v) is 1.11. The first-order valence-electron chi connectivity index (χ1n) is 4.39. The van der Waals surface area contributed by atoms with E-state index in [-0.39, 0.29) is 0 Å². The molecule has 0 aliphatic heterocycles. The van der Waals surface area contributed by atoms with Crippen molar-refractivity contribution in [3.8, 4) is 0 Å². The molecule has 0 aliphatic rings. The number of nitrogens with two attached hydrogens (primary N) is 1. The quantitative estimate of drug-likeness (QED) is 0.744. The van der Waals surface area contributed by atoms with Crippen LogP contribution in [-0.4, -0.2) is 4.98 Å². The van der Waals surface area contributed by atoms with E-state index in [9.17, 15) is 0 Å². The lowest BCUT2D eigenvalue weighted by Crippen LogP contribution is -1.99. The van der Waals surface area contributed by atoms with Gasteiger partial charge in [-0.3, -0.25) is 0 Å². The molecule has 2 heteroatoms. The van der Waals surface area contributed by atoms with E-state index >= 15 is 0 Å². The average Bonchev–Trinajstić information content (AvgIpc) is 2.03. The Bertz CT molecular complexity index is 243. The molecule has 12 heavy (non-hydrogen) atoms. The first-order chi connectivity index (χ1) is 5.70. The van der Waals surface area contributed by atoms with Crippen LogP contribution in [0.4, 0.5) is 5.82 Å². The van der Waals surface area contributed by atoms with Gasteiger partial charge >= 0.3 is 0 Å². The van der Waals surface area contributed by atoms with Crippen LogP contribution in [0.25, 0.3) is 0 Å². The summed E-state index contributed by atoms with van der Waals surface area (Å²) in [6.07, 6.45) is 3.95. The maximum atomic E-state index is 5.70. The summed E-state index contributed by atoms with van der Waals surface area (Å²) in [5.74, 6) is 1.41. The minimum Gasteiger partial charge on any atom is -0.383 e. The number of nitrogens with zero attached hydrogens (tertiary/aromatic N) is 1. The zero-order valence-electron chi connectivity index (χ0n) is 7.75. The summed E-state index contributed by atoms with van der Waals surface area (Å²) in [5.41, 5.74) is 6.87. The number of nitrogen functional groups attached to an aromatic ring is 1. The van der Waals surface area contributed by atoms with Crippen molar-refractivity contribution in [1.82, 2.24) is 4.98 Å². The van der Waals surface area contributed by atoms with Gasteiger partial charge in [0.05, 0.1) is 0 Å². The van der Waals surface area contributed by atoms with Crippen LogP contribution >= 0.6 is 0 Å². The van der Waals surface area contributed by atoms with Crippen molar-refractivity contribution in [3.63, 3.8) is 0 Å². The summed E-state index contributed by atoms with van der Waals surface area (Å²) in [5, 5.41) is 0. The van der Waals surface area contributed by atoms with Gasteiger partial charge in [-0.2, -0.15) is 0 Å². The third kappa shape index (κ3) is 2.53. The summed E-state index contributed by atoms with van der Waals surface area (Å²) in [6.45, 7) is 4.43. The molecule has 0 bridgehead atoms. The summed E-state index contributed by atoms with van der Waals surface area (Å²) in [4.78, 5) is 4.03. The van der Waals surface area contributed by atoms with Gasteiger partial charge in [0.25, 0.3) is 0 Å². The van der Waals surface area contributed by atoms with E-state index in [1.54, 1.807) is 6.20 Å². The molecule has 0 saturated heterocycles. The number of pyridine rings is 1. The molecule has 0 saturated carbocycles. The number of rotatable bonds is 3. The predicted octanol–water partition coefficient (Wildman–Crippen LogP) is 2.25. The number of aryl methyl sites for hydroxylation is 1. The number of aromatic nitrogens is 1. The molecule has 0 spiro atoms. The lowest BCUT2D eigenvalue weighted by molar-refractivity contribution is 0.587. The third-order valence-corrected chi connectivity index (χ3v) is 1.92. The van der Waals surface area contributed by atoms with Crippen LogP contribution in [0.2, 0.25) is 0 Å². The van der Waals surface area contributed by atoms with Gasteiger partial charge < -0.3 is 5.73 Å². The lowest BCUT2D eigenvalue weighted by Gasteiger charge is -2.05. The molecule has 1 heterocycles. The number of hydrogen-bond acceptors (Lipinski definition) is 2. The van der Waals surface area contributed by atoms with Crippen LogP contribution in [0.3, 0.4) is 0 Å². The van der Waals surface area contributed by atoms with Gasteiger partial charge in [0.2, 0.25) is 0 Å². The Morgan fingerprint density at radius 1 is 1.50 bits per heavy atom. The first kappa shape index (κ1) is 9.04. The minimum atomic E-state index is 0.679. The Kier molecular flexibility index (Phi) is 3.09. The fourth-order valence-electron chi connectivity index (χ4n) is 1.11. The molecule has 1 aromatic heterocycles. The predicted molar refractivity (Wildman–Crippen MR) is 51.8 cm³/mol. The van der Waals surface area contributed by atoms with E-state index in [2.05, 4.69) is 18.8 Å². The molecule has 0 aliphatic carbocycles. The molecule has 1 aromatic rings. The topological polar surface area (TPSA) is 38.9 Å². The van der Waals surface area contributed by atoms with Crippen LogP contribution in [-0.2, 0) is 6.42 Å². The van der Waals surface area contributed by atoms with Crippen LogP contribution in [0.5, 0.6) is 0 Å². The maximum Gasteiger partial charge on any atom is 0.126 e. The standard InChI is InChI=1S/C10H16N2/c1-8(2)5-6-9-4-3-7-12-10(9)11/h3-4,7-8H,5-6H2,1-2H3,(H2,11,12). The molecule has 0 aromatic carbocycles. The van der Waals surface area contributed by atoms with Gasteiger partial charge in [0.15, 0.2) is 0 Å². The summed E-state index contributed by atoms with van der Waals surface area (Å²) >= 11 is 0. The van der Waals surface area contributed by atoms with E-state index in [1.807, 2.05) is 12.1 Å². The van der Waals surface area contributed by atoms with E-state index in [4.69, 9.17) is 5.73 Å². The molecule has 2 nitrogen and oxygen atoms in total. The van der Waals surface area contributed by atoms with Crippen molar-refractivity contribution in [2.45, 2.75) is 26.7 Å². The van der Waals surface area contributed by atoms with Gasteiger partial charge in [-0.15, -0.1) is 0 Å². The van der Waals surface area contributed by atoms with Crippen LogP contribution in [0, 0.1) is 5.92 Å². The third-order valence-electron chi connectivity index (χ3n) is 1.92. The highest BCUT2D eigenvalue weighted by Gasteiger charge is 2.00. The molecule has 0 atom stereocenters. The van der Waals surface area contributed by atoms with Crippen molar-refractivity contribution >= 4 is 5.82 Å². The molecule has 0 radical (unpaired) electrons. The largest absolute Gasteiger partial charge is 0.383 e. The van der Waals surface area contributed by atoms with Gasteiger partial charge in [-0.05, 0) is 30.4 Å². The van der Waals surface area contributed by atoms with E-state index in [1.165, 1.54) is 12.0 Å². The fraction of sp³-hybridized carbons (Fsp3) is 0.500. The average molecular weight is 164 g/mol. The molecular weight excluding hydrogens is 148 g/mol. The number of hydrogen-bond donors (Lipinski definition) is 1. The normalized spacial score (nSPS) is 10.6. The van der Waals surface area contributed by atoms with Crippen LogP contribution in [0.15, 0.2) is 18.3 Å². The van der Waals surface area contributed by atoms with E-state index < -0.39 is 0 Å². The van der Waals surface area contributed by atoms with Crippen LogP contribution < -0.4 is 5.73 Å². The Hall–Kier alpha value is -1.05. The lowest BCUT2D eigenvalue weighted by atomic mass is 10.0. The van der Waals surface area contributed by atoms with Crippen molar-refractivity contribution in [2.75, 3.05) is 5.73 Å². The van der Waals surface area contributed by atoms with Crippen molar-refractivity contribution < 1.29 is 0 Å². The SMILES string of the molecule is CC(C)CCc1cccnc1N. The van der Waals surface area contributed by atoms with E-state index in [0.717, 1.165) is 12.3 Å².